The Balaban J connectivity index is 1.69. The van der Waals surface area contributed by atoms with E-state index in [2.05, 4.69) is 0 Å². The van der Waals surface area contributed by atoms with Crippen molar-refractivity contribution < 1.29 is 19.0 Å². The standard InChI is InChI=1S/C17H23NO4/c1-20-13-5-3-4-12(10-13)11-16(19)18-8-9-22-17-14(18)6-7-15(17)21-2/h3-5,10,14-15,17H,6-9,11H2,1-2H3/t14-,15-,17+/m0/s1. The second-order valence-corrected chi connectivity index (χ2v) is 5.87. The summed E-state index contributed by atoms with van der Waals surface area (Å²) >= 11 is 0. The zero-order valence-electron chi connectivity index (χ0n) is 13.2. The lowest BCUT2D eigenvalue weighted by Gasteiger charge is -2.39. The van der Waals surface area contributed by atoms with E-state index < -0.39 is 0 Å². The van der Waals surface area contributed by atoms with Crippen LogP contribution in [0.4, 0.5) is 0 Å². The number of carbonyl (C=O) groups is 1. The van der Waals surface area contributed by atoms with Crippen molar-refractivity contribution in [2.24, 2.45) is 0 Å². The molecule has 0 radical (unpaired) electrons. The van der Waals surface area contributed by atoms with Gasteiger partial charge in [-0.1, -0.05) is 12.1 Å². The van der Waals surface area contributed by atoms with Gasteiger partial charge in [0, 0.05) is 13.7 Å². The lowest BCUT2D eigenvalue weighted by atomic mass is 10.1. The highest BCUT2D eigenvalue weighted by Gasteiger charge is 2.44. The van der Waals surface area contributed by atoms with Crippen LogP contribution in [0, 0.1) is 0 Å². The molecule has 5 heteroatoms. The van der Waals surface area contributed by atoms with Gasteiger partial charge in [-0.25, -0.2) is 0 Å². The molecule has 1 amide bonds. The summed E-state index contributed by atoms with van der Waals surface area (Å²) in [6.45, 7) is 1.26. The molecule has 5 nitrogen and oxygen atoms in total. The molecule has 1 aromatic carbocycles. The normalized spacial score (nSPS) is 27.5. The van der Waals surface area contributed by atoms with E-state index in [1.807, 2.05) is 29.2 Å². The minimum absolute atomic E-state index is 0.0213. The highest BCUT2D eigenvalue weighted by molar-refractivity contribution is 5.79. The van der Waals surface area contributed by atoms with Crippen LogP contribution in [-0.4, -0.2) is 56.4 Å². The SMILES string of the molecule is COc1cccc(CC(=O)N2CCO[C@H]3[C@@H](OC)CC[C@@H]32)c1. The molecule has 3 atom stereocenters. The fourth-order valence-electron chi connectivity index (χ4n) is 3.54. The first kappa shape index (κ1) is 15.3. The molecule has 1 aliphatic heterocycles. The molecule has 0 bridgehead atoms. The third-order valence-electron chi connectivity index (χ3n) is 4.65. The zero-order valence-corrected chi connectivity index (χ0v) is 13.2. The number of rotatable bonds is 4. The van der Waals surface area contributed by atoms with E-state index >= 15 is 0 Å². The van der Waals surface area contributed by atoms with Gasteiger partial charge in [0.2, 0.25) is 5.91 Å². The Labute approximate surface area is 131 Å². The molecule has 1 aliphatic carbocycles. The van der Waals surface area contributed by atoms with E-state index in [9.17, 15) is 4.79 Å². The molecule has 1 saturated carbocycles. The van der Waals surface area contributed by atoms with Crippen molar-refractivity contribution in [3.8, 4) is 5.75 Å². The molecule has 0 aromatic heterocycles. The summed E-state index contributed by atoms with van der Waals surface area (Å²) in [6.07, 6.45) is 2.44. The van der Waals surface area contributed by atoms with Gasteiger partial charge in [-0.05, 0) is 30.5 Å². The molecule has 2 aliphatic rings. The highest BCUT2D eigenvalue weighted by atomic mass is 16.5. The average molecular weight is 305 g/mol. The zero-order chi connectivity index (χ0) is 15.5. The van der Waals surface area contributed by atoms with E-state index in [4.69, 9.17) is 14.2 Å². The maximum Gasteiger partial charge on any atom is 0.227 e. The van der Waals surface area contributed by atoms with Gasteiger partial charge in [0.1, 0.15) is 11.9 Å². The molecule has 1 heterocycles. The fourth-order valence-corrected chi connectivity index (χ4v) is 3.54. The predicted molar refractivity (Wildman–Crippen MR) is 82.0 cm³/mol. The molecule has 3 rings (SSSR count). The average Bonchev–Trinajstić information content (AvgIpc) is 2.98. The van der Waals surface area contributed by atoms with Crippen molar-refractivity contribution in [1.29, 1.82) is 0 Å². The van der Waals surface area contributed by atoms with Gasteiger partial charge in [0.15, 0.2) is 0 Å². The number of benzene rings is 1. The summed E-state index contributed by atoms with van der Waals surface area (Å²) in [5, 5.41) is 0. The third kappa shape index (κ3) is 2.96. The molecule has 0 N–H and O–H groups in total. The molecule has 0 spiro atoms. The Bertz CT molecular complexity index is 533. The van der Waals surface area contributed by atoms with Crippen LogP contribution in [0.2, 0.25) is 0 Å². The van der Waals surface area contributed by atoms with Gasteiger partial charge in [0.25, 0.3) is 0 Å². The van der Waals surface area contributed by atoms with Gasteiger partial charge < -0.3 is 19.1 Å². The Hall–Kier alpha value is -1.59. The number of hydrogen-bond donors (Lipinski definition) is 0. The lowest BCUT2D eigenvalue weighted by molar-refractivity contribution is -0.149. The van der Waals surface area contributed by atoms with Gasteiger partial charge >= 0.3 is 0 Å². The first-order chi connectivity index (χ1) is 10.7. The number of carbonyl (C=O) groups excluding carboxylic acids is 1. The second-order valence-electron chi connectivity index (χ2n) is 5.87. The van der Waals surface area contributed by atoms with E-state index in [-0.39, 0.29) is 24.2 Å². The molecule has 1 saturated heterocycles. The van der Waals surface area contributed by atoms with Gasteiger partial charge in [0.05, 0.1) is 32.3 Å². The molecule has 0 unspecified atom stereocenters. The van der Waals surface area contributed by atoms with Crippen molar-refractivity contribution in [1.82, 2.24) is 4.90 Å². The maximum atomic E-state index is 12.7. The predicted octanol–water partition coefficient (Wildman–Crippen LogP) is 1.64. The fraction of sp³-hybridized carbons (Fsp3) is 0.588. The topological polar surface area (TPSA) is 48.0 Å². The number of fused-ring (bicyclic) bond motifs is 1. The summed E-state index contributed by atoms with van der Waals surface area (Å²) in [5.41, 5.74) is 0.980. The van der Waals surface area contributed by atoms with E-state index in [1.165, 1.54) is 0 Å². The Morgan fingerprint density at radius 3 is 3.00 bits per heavy atom. The number of hydrogen-bond acceptors (Lipinski definition) is 4. The second kappa shape index (κ2) is 6.67. The number of amides is 1. The Morgan fingerprint density at radius 2 is 2.23 bits per heavy atom. The molecule has 120 valence electrons. The van der Waals surface area contributed by atoms with Crippen LogP contribution in [0.3, 0.4) is 0 Å². The summed E-state index contributed by atoms with van der Waals surface area (Å²) in [5.74, 6) is 0.939. The van der Waals surface area contributed by atoms with Crippen molar-refractivity contribution in [2.45, 2.75) is 37.5 Å². The summed E-state index contributed by atoms with van der Waals surface area (Å²) in [6, 6.07) is 7.84. The summed E-state index contributed by atoms with van der Waals surface area (Å²) < 4.78 is 16.5. The minimum atomic E-state index is 0.0213. The third-order valence-corrected chi connectivity index (χ3v) is 4.65. The van der Waals surface area contributed by atoms with Gasteiger partial charge in [-0.3, -0.25) is 4.79 Å². The van der Waals surface area contributed by atoms with Crippen LogP contribution in [0.5, 0.6) is 5.75 Å². The molecule has 2 fully saturated rings. The van der Waals surface area contributed by atoms with Crippen molar-refractivity contribution in [3.05, 3.63) is 29.8 Å². The van der Waals surface area contributed by atoms with E-state index in [0.717, 1.165) is 24.2 Å². The van der Waals surface area contributed by atoms with Gasteiger partial charge in [-0.15, -0.1) is 0 Å². The largest absolute Gasteiger partial charge is 0.497 e. The van der Waals surface area contributed by atoms with E-state index in [0.29, 0.717) is 19.6 Å². The summed E-state index contributed by atoms with van der Waals surface area (Å²) in [4.78, 5) is 14.7. The number of methoxy groups -OCH3 is 2. The lowest BCUT2D eigenvalue weighted by Crippen LogP contribution is -2.54. The van der Waals surface area contributed by atoms with Crippen LogP contribution in [0.1, 0.15) is 18.4 Å². The minimum Gasteiger partial charge on any atom is -0.497 e. The van der Waals surface area contributed by atoms with Crippen LogP contribution < -0.4 is 4.74 Å². The first-order valence-electron chi connectivity index (χ1n) is 7.79. The van der Waals surface area contributed by atoms with E-state index in [1.54, 1.807) is 14.2 Å². The summed E-state index contributed by atoms with van der Waals surface area (Å²) in [7, 11) is 3.35. The maximum absolute atomic E-state index is 12.7. The monoisotopic (exact) mass is 305 g/mol. The highest BCUT2D eigenvalue weighted by Crippen LogP contribution is 2.32. The molecular formula is C17H23NO4. The Kier molecular flexibility index (Phi) is 4.64. The van der Waals surface area contributed by atoms with Crippen molar-refractivity contribution >= 4 is 5.91 Å². The molecule has 22 heavy (non-hydrogen) atoms. The molecule has 1 aromatic rings. The van der Waals surface area contributed by atoms with Gasteiger partial charge in [-0.2, -0.15) is 0 Å². The van der Waals surface area contributed by atoms with Crippen LogP contribution in [0.15, 0.2) is 24.3 Å². The van der Waals surface area contributed by atoms with Crippen molar-refractivity contribution in [2.75, 3.05) is 27.4 Å². The smallest absolute Gasteiger partial charge is 0.227 e. The number of nitrogens with zero attached hydrogens (tertiary/aromatic N) is 1. The van der Waals surface area contributed by atoms with Crippen LogP contribution >= 0.6 is 0 Å². The first-order valence-corrected chi connectivity index (χ1v) is 7.79. The number of ether oxygens (including phenoxy) is 3. The number of morpholine rings is 1. The van der Waals surface area contributed by atoms with Crippen LogP contribution in [-0.2, 0) is 20.7 Å². The van der Waals surface area contributed by atoms with Crippen molar-refractivity contribution in [3.63, 3.8) is 0 Å². The molecular weight excluding hydrogens is 282 g/mol. The van der Waals surface area contributed by atoms with Crippen LogP contribution in [0.25, 0.3) is 0 Å². The Morgan fingerprint density at radius 1 is 1.36 bits per heavy atom. The quantitative estimate of drug-likeness (QED) is 0.848.